The van der Waals surface area contributed by atoms with Crippen LogP contribution in [0.4, 0.5) is 0 Å². The van der Waals surface area contributed by atoms with Crippen LogP contribution < -0.4 is 4.74 Å². The maximum atomic E-state index is 6.14. The van der Waals surface area contributed by atoms with Gasteiger partial charge in [0.1, 0.15) is 17.0 Å². The molecule has 2 heterocycles. The number of benzene rings is 1. The molecule has 0 saturated heterocycles. The summed E-state index contributed by atoms with van der Waals surface area (Å²) in [7, 11) is 0. The summed E-state index contributed by atoms with van der Waals surface area (Å²) in [6.45, 7) is 7.05. The first-order valence-electron chi connectivity index (χ1n) is 9.72. The smallest absolute Gasteiger partial charge is 0.223 e. The zero-order chi connectivity index (χ0) is 20.2. The number of ether oxygens (including phenoxy) is 3. The van der Waals surface area contributed by atoms with Crippen LogP contribution in [0.15, 0.2) is 55.4 Å². The van der Waals surface area contributed by atoms with Crippen LogP contribution in [0, 0.1) is 0 Å². The van der Waals surface area contributed by atoms with Crippen LogP contribution in [-0.2, 0) is 16.1 Å². The van der Waals surface area contributed by atoms with Gasteiger partial charge in [0.25, 0.3) is 0 Å². The lowest BCUT2D eigenvalue weighted by Gasteiger charge is -2.35. The molecule has 0 bridgehead atoms. The second kappa shape index (κ2) is 8.80. The second-order valence-corrected chi connectivity index (χ2v) is 7.40. The third-order valence-electron chi connectivity index (χ3n) is 4.98. The van der Waals surface area contributed by atoms with Crippen LogP contribution in [-0.4, -0.2) is 28.8 Å². The first kappa shape index (κ1) is 19.7. The van der Waals surface area contributed by atoms with E-state index in [0.29, 0.717) is 30.0 Å². The molecule has 1 fully saturated rings. The van der Waals surface area contributed by atoms with Crippen LogP contribution in [0.1, 0.15) is 30.9 Å². The zero-order valence-electron chi connectivity index (χ0n) is 16.3. The number of halogens is 1. The van der Waals surface area contributed by atoms with Crippen LogP contribution in [0.3, 0.4) is 0 Å². The molecule has 0 radical (unpaired) electrons. The van der Waals surface area contributed by atoms with Gasteiger partial charge < -0.3 is 14.2 Å². The molecule has 4 rings (SSSR count). The van der Waals surface area contributed by atoms with Gasteiger partial charge in [0.05, 0.1) is 24.7 Å². The summed E-state index contributed by atoms with van der Waals surface area (Å²) < 4.78 is 17.6. The minimum atomic E-state index is 0.0723. The predicted octanol–water partition coefficient (Wildman–Crippen LogP) is 5.42. The van der Waals surface area contributed by atoms with E-state index in [4.69, 9.17) is 25.8 Å². The second-order valence-electron chi connectivity index (χ2n) is 7.02. The summed E-state index contributed by atoms with van der Waals surface area (Å²) >= 11 is 6.11. The van der Waals surface area contributed by atoms with Gasteiger partial charge in [-0.15, -0.1) is 0 Å². The number of hydrogen-bond donors (Lipinski definition) is 0. The average molecular weight is 411 g/mol. The third kappa shape index (κ3) is 4.52. The van der Waals surface area contributed by atoms with Crippen molar-refractivity contribution in [1.29, 1.82) is 0 Å². The fourth-order valence-electron chi connectivity index (χ4n) is 3.35. The maximum Gasteiger partial charge on any atom is 0.223 e. The topological polar surface area (TPSA) is 53.5 Å². The molecule has 1 aromatic carbocycles. The molecular formula is C23H23ClN2O3. The Labute approximate surface area is 175 Å². The fourth-order valence-corrected chi connectivity index (χ4v) is 3.51. The Bertz CT molecular complexity index is 1000. The quantitative estimate of drug-likeness (QED) is 0.366. The summed E-state index contributed by atoms with van der Waals surface area (Å²) in [5, 5.41) is 2.06. The maximum absolute atomic E-state index is 6.14. The molecule has 5 nitrogen and oxygen atoms in total. The lowest BCUT2D eigenvalue weighted by atomic mass is 9.92. The number of fused-ring (bicyclic) bond motifs is 1. The monoisotopic (exact) mass is 410 g/mol. The van der Waals surface area contributed by atoms with E-state index in [0.717, 1.165) is 29.2 Å². The van der Waals surface area contributed by atoms with Gasteiger partial charge in [-0.1, -0.05) is 48.5 Å². The average Bonchev–Trinajstić information content (AvgIpc) is 2.70. The number of aromatic nitrogens is 2. The van der Waals surface area contributed by atoms with E-state index in [9.17, 15) is 0 Å². The molecule has 3 aromatic rings. The van der Waals surface area contributed by atoms with E-state index in [1.807, 2.05) is 25.1 Å². The van der Waals surface area contributed by atoms with Gasteiger partial charge in [-0.05, 0) is 18.6 Å². The molecular weight excluding hydrogens is 388 g/mol. The Balaban J connectivity index is 1.43. The van der Waals surface area contributed by atoms with E-state index in [-0.39, 0.29) is 12.2 Å². The summed E-state index contributed by atoms with van der Waals surface area (Å²) in [6.07, 6.45) is 5.35. The zero-order valence-corrected chi connectivity index (χ0v) is 17.1. The van der Waals surface area contributed by atoms with Gasteiger partial charge >= 0.3 is 0 Å². The van der Waals surface area contributed by atoms with Gasteiger partial charge in [-0.2, -0.15) is 0 Å². The Morgan fingerprint density at radius 3 is 2.66 bits per heavy atom. The number of pyridine rings is 2. The Kier molecular flexibility index (Phi) is 5.97. The Morgan fingerprint density at radius 1 is 1.10 bits per heavy atom. The number of hydrogen-bond acceptors (Lipinski definition) is 5. The molecule has 0 aliphatic heterocycles. The van der Waals surface area contributed by atoms with Crippen molar-refractivity contribution in [2.45, 2.75) is 38.6 Å². The molecule has 6 heteroatoms. The highest BCUT2D eigenvalue weighted by Gasteiger charge is 2.32. The Morgan fingerprint density at radius 2 is 1.90 bits per heavy atom. The van der Waals surface area contributed by atoms with Crippen molar-refractivity contribution in [2.24, 2.45) is 0 Å². The molecule has 2 aromatic heterocycles. The first-order chi connectivity index (χ1) is 14.1. The third-order valence-corrected chi connectivity index (χ3v) is 5.19. The van der Waals surface area contributed by atoms with Crippen LogP contribution in [0.25, 0.3) is 16.5 Å². The van der Waals surface area contributed by atoms with Gasteiger partial charge in [-0.3, -0.25) is 0 Å². The highest BCUT2D eigenvalue weighted by atomic mass is 35.5. The highest BCUT2D eigenvalue weighted by molar-refractivity contribution is 6.30. The van der Waals surface area contributed by atoms with Crippen molar-refractivity contribution in [1.82, 2.24) is 9.97 Å². The molecule has 150 valence electrons. The van der Waals surface area contributed by atoms with Crippen LogP contribution in [0.2, 0.25) is 5.15 Å². The van der Waals surface area contributed by atoms with Crippen molar-refractivity contribution in [3.8, 4) is 5.88 Å². The van der Waals surface area contributed by atoms with E-state index in [2.05, 4.69) is 28.7 Å². The molecule has 1 saturated carbocycles. The largest absolute Gasteiger partial charge is 0.494 e. The summed E-state index contributed by atoms with van der Waals surface area (Å²) in [5.41, 5.74) is 1.97. The van der Waals surface area contributed by atoms with Gasteiger partial charge in [0.15, 0.2) is 0 Å². The van der Waals surface area contributed by atoms with Crippen molar-refractivity contribution in [2.75, 3.05) is 6.61 Å². The van der Waals surface area contributed by atoms with Crippen LogP contribution >= 0.6 is 11.6 Å². The highest BCUT2D eigenvalue weighted by Crippen LogP contribution is 2.34. The van der Waals surface area contributed by atoms with Crippen molar-refractivity contribution >= 4 is 28.1 Å². The summed E-state index contributed by atoms with van der Waals surface area (Å²) in [5.74, 6) is 1.10. The minimum absolute atomic E-state index is 0.0723. The normalized spacial score (nSPS) is 18.3. The predicted molar refractivity (Wildman–Crippen MR) is 114 cm³/mol. The SMILES string of the molecule is C=C(OCC)c1cnc(O[C@H]2C[C@H](OCc3ccccc3)C2)c2cnc(Cl)cc12. The van der Waals surface area contributed by atoms with Crippen molar-refractivity contribution in [3.63, 3.8) is 0 Å². The fraction of sp³-hybridized carbons (Fsp3) is 0.304. The molecule has 0 spiro atoms. The molecule has 0 N–H and O–H groups in total. The van der Waals surface area contributed by atoms with E-state index < -0.39 is 0 Å². The lowest BCUT2D eigenvalue weighted by molar-refractivity contribution is -0.0690. The number of nitrogens with zero attached hydrogens (tertiary/aromatic N) is 2. The first-order valence-corrected chi connectivity index (χ1v) is 10.1. The number of rotatable bonds is 8. The van der Waals surface area contributed by atoms with Crippen molar-refractivity contribution < 1.29 is 14.2 Å². The van der Waals surface area contributed by atoms with Gasteiger partial charge in [-0.25, -0.2) is 9.97 Å². The van der Waals surface area contributed by atoms with Gasteiger partial charge in [0, 0.05) is 36.2 Å². The van der Waals surface area contributed by atoms with Crippen molar-refractivity contribution in [3.05, 3.63) is 71.7 Å². The van der Waals surface area contributed by atoms with Crippen LogP contribution in [0.5, 0.6) is 5.88 Å². The molecule has 0 atom stereocenters. The minimum Gasteiger partial charge on any atom is -0.494 e. The Hall–Kier alpha value is -2.63. The summed E-state index contributed by atoms with van der Waals surface area (Å²) in [6, 6.07) is 12.0. The van der Waals surface area contributed by atoms with E-state index >= 15 is 0 Å². The molecule has 1 aliphatic rings. The van der Waals surface area contributed by atoms with E-state index in [1.54, 1.807) is 18.5 Å². The summed E-state index contributed by atoms with van der Waals surface area (Å²) in [4.78, 5) is 8.69. The van der Waals surface area contributed by atoms with E-state index in [1.165, 1.54) is 5.56 Å². The standard InChI is InChI=1S/C23H23ClN2O3/c1-3-27-15(2)20-12-26-23(21-13-25-22(24)11-19(20)21)29-18-9-17(10-18)28-14-16-7-5-4-6-8-16/h4-8,11-13,17-18H,2-3,9-10,14H2,1H3/t17-,18-. The molecule has 1 aliphatic carbocycles. The molecule has 29 heavy (non-hydrogen) atoms. The molecule has 0 amide bonds. The lowest BCUT2D eigenvalue weighted by Crippen LogP contribution is -2.39. The molecule has 0 unspecified atom stereocenters. The van der Waals surface area contributed by atoms with Gasteiger partial charge in [0.2, 0.25) is 5.88 Å².